The van der Waals surface area contributed by atoms with Crippen LogP contribution in [0.4, 0.5) is 10.6 Å². The van der Waals surface area contributed by atoms with Crippen molar-refractivity contribution in [2.75, 3.05) is 18.6 Å². The summed E-state index contributed by atoms with van der Waals surface area (Å²) in [6, 6.07) is 2.29. The minimum Gasteiger partial charge on any atom is -0.481 e. The molecule has 0 aliphatic carbocycles. The van der Waals surface area contributed by atoms with Crippen molar-refractivity contribution in [3.63, 3.8) is 0 Å². The second kappa shape index (κ2) is 5.60. The molecule has 106 valence electrons. The fourth-order valence-corrected chi connectivity index (χ4v) is 2.00. The molecule has 1 amide bonds. The number of pyridine rings is 1. The molecule has 20 heavy (non-hydrogen) atoms. The first-order valence-electron chi connectivity index (χ1n) is 5.92. The summed E-state index contributed by atoms with van der Waals surface area (Å²) in [5.74, 6) is -0.556. The number of hydrogen-bond donors (Lipinski definition) is 1. The summed E-state index contributed by atoms with van der Waals surface area (Å²) in [5, 5.41) is 9.23. The minimum absolute atomic E-state index is 0.000966. The van der Waals surface area contributed by atoms with E-state index in [9.17, 15) is 14.7 Å². The maximum absolute atomic E-state index is 12.0. The van der Waals surface area contributed by atoms with Gasteiger partial charge in [0.2, 0.25) is 5.88 Å². The smallest absolute Gasteiger partial charge is 0.416 e. The van der Waals surface area contributed by atoms with Crippen LogP contribution in [0.3, 0.4) is 0 Å². The standard InChI is InChI=1S/C13H14N2O5/c1-3-6-20-13(18)15-9(12(16)17)7-8-4-5-10(19-2)14-11(8)15/h3-5,9H,1,6-7H2,2H3,(H,16,17). The van der Waals surface area contributed by atoms with Gasteiger partial charge in [-0.2, -0.15) is 4.98 Å². The maximum Gasteiger partial charge on any atom is 0.416 e. The van der Waals surface area contributed by atoms with Crippen LogP contribution in [0.2, 0.25) is 0 Å². The van der Waals surface area contributed by atoms with Gasteiger partial charge in [0, 0.05) is 12.5 Å². The highest BCUT2D eigenvalue weighted by atomic mass is 16.6. The third-order valence-electron chi connectivity index (χ3n) is 2.90. The summed E-state index contributed by atoms with van der Waals surface area (Å²) in [7, 11) is 1.44. The number of aliphatic carboxylic acids is 1. The number of carbonyl (C=O) groups excluding carboxylic acids is 1. The van der Waals surface area contributed by atoms with Gasteiger partial charge in [0.25, 0.3) is 0 Å². The third-order valence-corrected chi connectivity index (χ3v) is 2.90. The number of nitrogens with zero attached hydrogens (tertiary/aromatic N) is 2. The van der Waals surface area contributed by atoms with E-state index in [0.29, 0.717) is 11.4 Å². The lowest BCUT2D eigenvalue weighted by Gasteiger charge is -2.20. The van der Waals surface area contributed by atoms with E-state index in [1.54, 1.807) is 12.1 Å². The highest BCUT2D eigenvalue weighted by molar-refractivity contribution is 5.97. The minimum atomic E-state index is -1.11. The molecule has 0 saturated heterocycles. The number of amides is 1. The average molecular weight is 278 g/mol. The summed E-state index contributed by atoms with van der Waals surface area (Å²) in [4.78, 5) is 28.4. The molecule has 2 rings (SSSR count). The number of ether oxygens (including phenoxy) is 2. The summed E-state index contributed by atoms with van der Waals surface area (Å²) in [6.45, 7) is 3.44. The van der Waals surface area contributed by atoms with Crippen LogP contribution in [0, 0.1) is 0 Å². The number of carboxylic acids is 1. The fourth-order valence-electron chi connectivity index (χ4n) is 2.00. The molecule has 7 nitrogen and oxygen atoms in total. The Morgan fingerprint density at radius 1 is 1.60 bits per heavy atom. The van der Waals surface area contributed by atoms with Crippen LogP contribution >= 0.6 is 0 Å². The van der Waals surface area contributed by atoms with Crippen LogP contribution in [0.1, 0.15) is 5.56 Å². The van der Waals surface area contributed by atoms with Gasteiger partial charge in [0.05, 0.1) is 7.11 Å². The Labute approximate surface area is 115 Å². The van der Waals surface area contributed by atoms with Crippen LogP contribution in [-0.2, 0) is 16.0 Å². The van der Waals surface area contributed by atoms with Gasteiger partial charge in [-0.05, 0) is 11.6 Å². The third kappa shape index (κ3) is 2.42. The molecule has 0 spiro atoms. The van der Waals surface area contributed by atoms with Crippen LogP contribution in [0.25, 0.3) is 0 Å². The van der Waals surface area contributed by atoms with Crippen molar-refractivity contribution < 1.29 is 24.2 Å². The lowest BCUT2D eigenvalue weighted by Crippen LogP contribution is -2.43. The number of anilines is 1. The Balaban J connectivity index is 2.37. The number of carbonyl (C=O) groups is 2. The van der Waals surface area contributed by atoms with Crippen molar-refractivity contribution in [2.45, 2.75) is 12.5 Å². The summed E-state index contributed by atoms with van der Waals surface area (Å²) >= 11 is 0. The number of methoxy groups -OCH3 is 1. The highest BCUT2D eigenvalue weighted by Crippen LogP contribution is 2.32. The Kier molecular flexibility index (Phi) is 3.88. The molecule has 1 aromatic heterocycles. The molecule has 1 atom stereocenters. The molecule has 2 heterocycles. The van der Waals surface area contributed by atoms with Crippen LogP contribution in [0.15, 0.2) is 24.8 Å². The molecule has 1 aliphatic rings. The Bertz CT molecular complexity index is 558. The molecule has 7 heteroatoms. The zero-order chi connectivity index (χ0) is 14.7. The van der Waals surface area contributed by atoms with Crippen LogP contribution in [0.5, 0.6) is 5.88 Å². The van der Waals surface area contributed by atoms with Crippen molar-refractivity contribution in [1.29, 1.82) is 0 Å². The Morgan fingerprint density at radius 2 is 2.35 bits per heavy atom. The van der Waals surface area contributed by atoms with E-state index >= 15 is 0 Å². The monoisotopic (exact) mass is 278 g/mol. The zero-order valence-corrected chi connectivity index (χ0v) is 10.9. The second-order valence-electron chi connectivity index (χ2n) is 4.13. The largest absolute Gasteiger partial charge is 0.481 e. The van der Waals surface area contributed by atoms with Crippen molar-refractivity contribution in [1.82, 2.24) is 4.98 Å². The Hall–Kier alpha value is -2.57. The van der Waals surface area contributed by atoms with Gasteiger partial charge in [0.1, 0.15) is 18.5 Å². The second-order valence-corrected chi connectivity index (χ2v) is 4.13. The Morgan fingerprint density at radius 3 is 2.95 bits per heavy atom. The lowest BCUT2D eigenvalue weighted by atomic mass is 10.1. The molecule has 1 N–H and O–H groups in total. The van der Waals surface area contributed by atoms with E-state index in [2.05, 4.69) is 11.6 Å². The van der Waals surface area contributed by atoms with Crippen LogP contribution < -0.4 is 9.64 Å². The molecule has 0 radical (unpaired) electrons. The van der Waals surface area contributed by atoms with Crippen molar-refractivity contribution in [2.24, 2.45) is 0 Å². The van der Waals surface area contributed by atoms with Crippen molar-refractivity contribution in [3.8, 4) is 5.88 Å². The van der Waals surface area contributed by atoms with Crippen molar-refractivity contribution in [3.05, 3.63) is 30.4 Å². The SMILES string of the molecule is C=CCOC(=O)N1c2nc(OC)ccc2CC1C(=O)O. The predicted octanol–water partition coefficient (Wildman–Crippen LogP) is 1.23. The molecule has 0 saturated carbocycles. The lowest BCUT2D eigenvalue weighted by molar-refractivity contribution is -0.138. The summed E-state index contributed by atoms with van der Waals surface area (Å²) in [6.07, 6.45) is 0.825. The van der Waals surface area contributed by atoms with Gasteiger partial charge < -0.3 is 14.6 Å². The van der Waals surface area contributed by atoms with Crippen LogP contribution in [-0.4, -0.2) is 41.9 Å². The number of hydrogen-bond acceptors (Lipinski definition) is 5. The first-order valence-corrected chi connectivity index (χ1v) is 5.92. The quantitative estimate of drug-likeness (QED) is 0.833. The van der Waals surface area contributed by atoms with Gasteiger partial charge in [-0.25, -0.2) is 14.5 Å². The fraction of sp³-hybridized carbons (Fsp3) is 0.308. The maximum atomic E-state index is 12.0. The summed E-state index contributed by atoms with van der Waals surface area (Å²) in [5.41, 5.74) is 0.661. The first-order chi connectivity index (χ1) is 9.58. The zero-order valence-electron chi connectivity index (χ0n) is 10.9. The summed E-state index contributed by atoms with van der Waals surface area (Å²) < 4.78 is 9.90. The molecule has 1 unspecified atom stereocenters. The van der Waals surface area contributed by atoms with Gasteiger partial charge in [0.15, 0.2) is 0 Å². The van der Waals surface area contributed by atoms with E-state index in [4.69, 9.17) is 9.47 Å². The number of aromatic nitrogens is 1. The normalized spacial score (nSPS) is 16.4. The van der Waals surface area contributed by atoms with E-state index in [1.165, 1.54) is 13.2 Å². The van der Waals surface area contributed by atoms with Gasteiger partial charge >= 0.3 is 12.1 Å². The molecular formula is C13H14N2O5. The highest BCUT2D eigenvalue weighted by Gasteiger charge is 2.40. The van der Waals surface area contributed by atoms with Gasteiger partial charge in [-0.3, -0.25) is 0 Å². The van der Waals surface area contributed by atoms with E-state index in [0.717, 1.165) is 4.90 Å². The van der Waals surface area contributed by atoms with E-state index in [1.807, 2.05) is 0 Å². The molecule has 1 aliphatic heterocycles. The first kappa shape index (κ1) is 13.9. The van der Waals surface area contributed by atoms with Gasteiger partial charge in [-0.15, -0.1) is 0 Å². The molecule has 0 fully saturated rings. The topological polar surface area (TPSA) is 89.0 Å². The predicted molar refractivity (Wildman–Crippen MR) is 69.9 cm³/mol. The van der Waals surface area contributed by atoms with E-state index < -0.39 is 18.1 Å². The molecule has 0 bridgehead atoms. The van der Waals surface area contributed by atoms with Gasteiger partial charge in [-0.1, -0.05) is 12.7 Å². The molecule has 0 aromatic carbocycles. The number of rotatable bonds is 4. The number of carboxylic acid groups (broad SMARTS) is 1. The van der Waals surface area contributed by atoms with Crippen molar-refractivity contribution >= 4 is 17.9 Å². The molecule has 1 aromatic rings. The van der Waals surface area contributed by atoms with E-state index in [-0.39, 0.29) is 18.8 Å². The molecular weight excluding hydrogens is 264 g/mol. The average Bonchev–Trinajstić information content (AvgIpc) is 2.83. The number of fused-ring (bicyclic) bond motifs is 1.